The second-order valence-electron chi connectivity index (χ2n) is 16.5. The molecule has 0 saturated heterocycles. The lowest BCUT2D eigenvalue weighted by Gasteiger charge is -2.56. The van der Waals surface area contributed by atoms with Crippen LogP contribution in [0.1, 0.15) is 132 Å². The molecule has 0 aromatic carbocycles. The lowest BCUT2D eigenvalue weighted by molar-refractivity contribution is 0.0564. The predicted octanol–water partition coefficient (Wildman–Crippen LogP) is 12.5. The fourth-order valence-corrected chi connectivity index (χ4v) is 20.1. The van der Waals surface area contributed by atoms with Crippen LogP contribution in [0.25, 0.3) is 0 Å². The Hall–Kier alpha value is 0.748. The van der Waals surface area contributed by atoms with E-state index in [1.54, 1.807) is 0 Å². The van der Waals surface area contributed by atoms with E-state index in [9.17, 15) is 0 Å². The lowest BCUT2D eigenvalue weighted by Crippen LogP contribution is -2.65. The Morgan fingerprint density at radius 3 is 1.39 bits per heavy atom. The summed E-state index contributed by atoms with van der Waals surface area (Å²) in [4.78, 5) is 0. The van der Waals surface area contributed by atoms with Crippen LogP contribution in [-0.2, 0) is 13.3 Å². The first-order chi connectivity index (χ1) is 18.6. The normalized spacial score (nSPS) is 20.1. The molecule has 0 radical (unpaired) electrons. The third-order valence-electron chi connectivity index (χ3n) is 11.2. The molecule has 41 heavy (non-hydrogen) atoms. The fourth-order valence-electron chi connectivity index (χ4n) is 6.69. The second-order valence-corrected chi connectivity index (χ2v) is 35.1. The zero-order valence-corrected chi connectivity index (χ0v) is 35.5. The summed E-state index contributed by atoms with van der Waals surface area (Å²) in [7, 11) is -7.78. The van der Waals surface area contributed by atoms with E-state index in [1.165, 1.54) is 57.4 Å². The maximum absolute atomic E-state index is 7.76. The zero-order chi connectivity index (χ0) is 32.4. The second kappa shape index (κ2) is 16.9. The van der Waals surface area contributed by atoms with Crippen LogP contribution < -0.4 is 0 Å². The van der Waals surface area contributed by atoms with Crippen LogP contribution in [-0.4, -0.2) is 49.6 Å². The van der Waals surface area contributed by atoms with Crippen LogP contribution in [0.3, 0.4) is 0 Å². The van der Waals surface area contributed by atoms with E-state index in [-0.39, 0.29) is 21.6 Å². The van der Waals surface area contributed by atoms with Crippen LogP contribution in [0.4, 0.5) is 0 Å². The molecule has 0 aliphatic carbocycles. The Morgan fingerprint density at radius 2 is 1.02 bits per heavy atom. The molecule has 0 fully saturated rings. The Balaban J connectivity index is 6.42. The largest absolute Gasteiger partial charge is 0.414 e. The summed E-state index contributed by atoms with van der Waals surface area (Å²) >= 11 is 0. The lowest BCUT2D eigenvalue weighted by atomic mass is 9.98. The highest BCUT2D eigenvalue weighted by atomic mass is 28.4. The minimum Gasteiger partial charge on any atom is -0.414 e. The van der Waals surface area contributed by atoms with Gasteiger partial charge in [-0.1, -0.05) is 113 Å². The van der Waals surface area contributed by atoms with Gasteiger partial charge in [0.15, 0.2) is 16.6 Å². The Bertz CT molecular complexity index is 734. The molecule has 5 atom stereocenters. The van der Waals surface area contributed by atoms with E-state index in [0.717, 1.165) is 25.7 Å². The van der Waals surface area contributed by atoms with Gasteiger partial charge in [0.1, 0.15) is 0 Å². The summed E-state index contributed by atoms with van der Waals surface area (Å²) < 4.78 is 22.2. The third-order valence-corrected chi connectivity index (χ3v) is 25.4. The molecule has 5 unspecified atom stereocenters. The summed E-state index contributed by atoms with van der Waals surface area (Å²) in [5.74, 6) is 0. The molecule has 0 N–H and O–H groups in total. The Labute approximate surface area is 264 Å². The smallest absolute Gasteiger partial charge is 0.216 e. The van der Waals surface area contributed by atoms with Crippen molar-refractivity contribution in [1.82, 2.24) is 0 Å². The van der Waals surface area contributed by atoms with Crippen LogP contribution >= 0.6 is 0 Å². The zero-order valence-electron chi connectivity index (χ0n) is 31.5. The molecule has 0 aliphatic rings. The molecule has 0 bridgehead atoms. The molecule has 7 heteroatoms. The van der Waals surface area contributed by atoms with Gasteiger partial charge in [-0.15, -0.1) is 0 Å². The summed E-state index contributed by atoms with van der Waals surface area (Å²) in [6, 6.07) is 1.24. The van der Waals surface area contributed by atoms with Crippen molar-refractivity contribution in [2.24, 2.45) is 0 Å². The van der Waals surface area contributed by atoms with Crippen molar-refractivity contribution in [2.75, 3.05) is 0 Å². The topological polar surface area (TPSA) is 27.7 Å². The maximum Gasteiger partial charge on any atom is 0.216 e. The molecular formula is C34H78O3Si4. The minimum absolute atomic E-state index is 0.0192. The van der Waals surface area contributed by atoms with Crippen LogP contribution in [0, 0.1) is 0 Å². The molecule has 3 nitrogen and oxygen atoms in total. The van der Waals surface area contributed by atoms with Gasteiger partial charge in [0.05, 0.1) is 19.4 Å². The molecule has 248 valence electrons. The van der Waals surface area contributed by atoms with Crippen molar-refractivity contribution < 1.29 is 13.3 Å². The van der Waals surface area contributed by atoms with Crippen LogP contribution in [0.2, 0.25) is 70.0 Å². The summed E-state index contributed by atoms with van der Waals surface area (Å²) in [5.41, 5.74) is 0. The summed E-state index contributed by atoms with van der Waals surface area (Å²) in [6.07, 6.45) is 15.3. The summed E-state index contributed by atoms with van der Waals surface area (Å²) in [5, 5.41) is -0.169. The monoisotopic (exact) mass is 647 g/mol. The maximum atomic E-state index is 7.76. The van der Waals surface area contributed by atoms with Crippen molar-refractivity contribution in [3.05, 3.63) is 0 Å². The molecule has 0 saturated carbocycles. The van der Waals surface area contributed by atoms with Gasteiger partial charge in [0.25, 0.3) is 0 Å². The predicted molar refractivity (Wildman–Crippen MR) is 197 cm³/mol. The van der Waals surface area contributed by atoms with Crippen LogP contribution in [0.5, 0.6) is 0 Å². The van der Waals surface area contributed by atoms with Gasteiger partial charge in [0, 0.05) is 10.3 Å². The molecule has 0 amide bonds. The number of rotatable bonds is 23. The van der Waals surface area contributed by atoms with E-state index >= 15 is 0 Å². The van der Waals surface area contributed by atoms with Crippen LogP contribution in [0.15, 0.2) is 0 Å². The van der Waals surface area contributed by atoms with Gasteiger partial charge >= 0.3 is 0 Å². The standard InChI is InChI=1S/C34H78O3Si4/c1-18-23-24-25-26-27-28-29-30-41(17,37-33(7,21-4)38(9,10)11)32(6,20-3)31(19-2)35-40(15,16)34(8,22-5)36-39(12,13)14/h31H,18-30H2,1-17H3. The third kappa shape index (κ3) is 11.6. The minimum atomic E-state index is -2.25. The van der Waals surface area contributed by atoms with E-state index in [2.05, 4.69) is 114 Å². The Kier molecular flexibility index (Phi) is 17.2. The van der Waals surface area contributed by atoms with Gasteiger partial charge in [-0.3, -0.25) is 0 Å². The van der Waals surface area contributed by atoms with Crippen molar-refractivity contribution in [1.29, 1.82) is 0 Å². The first-order valence-electron chi connectivity index (χ1n) is 17.7. The van der Waals surface area contributed by atoms with E-state index in [4.69, 9.17) is 13.3 Å². The van der Waals surface area contributed by atoms with Gasteiger partial charge in [0.2, 0.25) is 8.32 Å². The first-order valence-corrected chi connectivity index (χ1v) is 30.1. The fraction of sp³-hybridized carbons (Fsp3) is 1.00. The van der Waals surface area contributed by atoms with E-state index in [0.29, 0.717) is 0 Å². The number of hydrogen-bond donors (Lipinski definition) is 0. The average Bonchev–Trinajstić information content (AvgIpc) is 2.86. The number of unbranched alkanes of at least 4 members (excludes halogenated alkanes) is 7. The average molecular weight is 647 g/mol. The SMILES string of the molecule is CCCCCCCCCC[Si](C)(OC(C)(CC)[Si](C)(C)C)C(C)(CC)C(CC)O[Si](C)(C)C(C)(CC)O[Si](C)(C)C. The highest BCUT2D eigenvalue weighted by Gasteiger charge is 2.58. The first kappa shape index (κ1) is 41.7. The van der Waals surface area contributed by atoms with Gasteiger partial charge in [-0.2, -0.15) is 0 Å². The van der Waals surface area contributed by atoms with Crippen molar-refractivity contribution in [3.8, 4) is 0 Å². The van der Waals surface area contributed by atoms with Gasteiger partial charge < -0.3 is 13.3 Å². The van der Waals surface area contributed by atoms with E-state index < -0.39 is 33.0 Å². The molecule has 0 heterocycles. The molecule has 0 rings (SSSR count). The quantitative estimate of drug-likeness (QED) is 0.0816. The molecule has 0 aliphatic heterocycles. The van der Waals surface area contributed by atoms with Crippen molar-refractivity contribution in [3.63, 3.8) is 0 Å². The molecule has 0 aromatic rings. The molecule has 0 spiro atoms. The number of hydrogen-bond acceptors (Lipinski definition) is 3. The van der Waals surface area contributed by atoms with Gasteiger partial charge in [-0.25, -0.2) is 0 Å². The Morgan fingerprint density at radius 1 is 0.561 bits per heavy atom. The molecular weight excluding hydrogens is 569 g/mol. The summed E-state index contributed by atoms with van der Waals surface area (Å²) in [6.45, 7) is 41.0. The molecule has 0 aromatic heterocycles. The highest BCUT2D eigenvalue weighted by Crippen LogP contribution is 2.53. The van der Waals surface area contributed by atoms with Gasteiger partial charge in [-0.05, 0) is 84.9 Å². The van der Waals surface area contributed by atoms with E-state index in [1.807, 2.05) is 0 Å². The highest BCUT2D eigenvalue weighted by molar-refractivity contribution is 6.82. The van der Waals surface area contributed by atoms with Crippen molar-refractivity contribution in [2.45, 2.75) is 219 Å². The van der Waals surface area contributed by atoms with Crippen molar-refractivity contribution >= 4 is 33.0 Å².